The molecule has 2 fully saturated rings. The first-order chi connectivity index (χ1) is 6.18. The Morgan fingerprint density at radius 2 is 2.08 bits per heavy atom. The van der Waals surface area contributed by atoms with Crippen molar-refractivity contribution in [1.82, 2.24) is 0 Å². The maximum Gasteiger partial charge on any atom is 0.294 e. The predicted octanol–water partition coefficient (Wildman–Crippen LogP) is -1.28. The molecular weight excluding hydrogens is 182 g/mol. The Hall–Kier alpha value is -0.920. The van der Waals surface area contributed by atoms with Gasteiger partial charge < -0.3 is 19.4 Å². The van der Waals surface area contributed by atoms with Gasteiger partial charge in [-0.15, -0.1) is 10.1 Å². The first kappa shape index (κ1) is 8.67. The van der Waals surface area contributed by atoms with Crippen LogP contribution in [-0.2, 0) is 14.3 Å². The van der Waals surface area contributed by atoms with Crippen molar-refractivity contribution in [3.8, 4) is 0 Å². The Morgan fingerprint density at radius 3 is 2.77 bits per heavy atom. The molecule has 0 radical (unpaired) electrons. The molecule has 0 amide bonds. The molecule has 7 nitrogen and oxygen atoms in total. The van der Waals surface area contributed by atoms with Crippen LogP contribution in [0.1, 0.15) is 0 Å². The molecule has 2 rings (SSSR count). The van der Waals surface area contributed by atoms with Gasteiger partial charge in [-0.3, -0.25) is 0 Å². The molecule has 0 aromatic rings. The Labute approximate surface area is 73.3 Å². The highest BCUT2D eigenvalue weighted by atomic mass is 17.0. The Balaban J connectivity index is 1.98. The third-order valence-corrected chi connectivity index (χ3v) is 2.20. The molecule has 7 heteroatoms. The maximum absolute atomic E-state index is 10.0. The molecule has 4 atom stereocenters. The summed E-state index contributed by atoms with van der Waals surface area (Å²) in [4.78, 5) is 14.4. The average Bonchev–Trinajstić information content (AvgIpc) is 2.56. The van der Waals surface area contributed by atoms with E-state index >= 15 is 0 Å². The lowest BCUT2D eigenvalue weighted by atomic mass is 10.1. The molecule has 0 aromatic heterocycles. The number of nitrogens with zero attached hydrogens (tertiary/aromatic N) is 1. The lowest BCUT2D eigenvalue weighted by Gasteiger charge is -2.12. The summed E-state index contributed by atoms with van der Waals surface area (Å²) >= 11 is 0. The van der Waals surface area contributed by atoms with E-state index in [1.54, 1.807) is 0 Å². The second-order valence-electron chi connectivity index (χ2n) is 3.03. The molecule has 13 heavy (non-hydrogen) atoms. The fourth-order valence-electron chi connectivity index (χ4n) is 1.64. The first-order valence-electron chi connectivity index (χ1n) is 3.91. The van der Waals surface area contributed by atoms with Gasteiger partial charge in [0.2, 0.25) is 0 Å². The number of hydrogen-bond acceptors (Lipinski definition) is 6. The van der Waals surface area contributed by atoms with Gasteiger partial charge in [-0.05, 0) is 0 Å². The fourth-order valence-corrected chi connectivity index (χ4v) is 1.64. The zero-order valence-corrected chi connectivity index (χ0v) is 6.66. The van der Waals surface area contributed by atoms with E-state index in [1.165, 1.54) is 0 Å². The minimum atomic E-state index is -0.871. The van der Waals surface area contributed by atoms with Gasteiger partial charge in [0, 0.05) is 0 Å². The Morgan fingerprint density at radius 1 is 1.38 bits per heavy atom. The van der Waals surface area contributed by atoms with E-state index in [4.69, 9.17) is 9.47 Å². The normalized spacial score (nSPS) is 43.2. The number of ether oxygens (including phenoxy) is 2. The lowest BCUT2D eigenvalue weighted by molar-refractivity contribution is -0.769. The van der Waals surface area contributed by atoms with Crippen LogP contribution >= 0.6 is 0 Å². The minimum absolute atomic E-state index is 0.0906. The van der Waals surface area contributed by atoms with Gasteiger partial charge in [0.25, 0.3) is 5.09 Å². The molecule has 2 aliphatic rings. The summed E-state index contributed by atoms with van der Waals surface area (Å²) in [7, 11) is 0. The molecule has 0 unspecified atom stereocenters. The molecule has 0 aliphatic carbocycles. The summed E-state index contributed by atoms with van der Waals surface area (Å²) in [6, 6.07) is 0. The van der Waals surface area contributed by atoms with Gasteiger partial charge in [-0.1, -0.05) is 0 Å². The third-order valence-electron chi connectivity index (χ3n) is 2.20. The molecule has 74 valence electrons. The van der Waals surface area contributed by atoms with Crippen LogP contribution in [0.2, 0.25) is 0 Å². The summed E-state index contributed by atoms with van der Waals surface area (Å²) in [6.07, 6.45) is -2.41. The van der Waals surface area contributed by atoms with Gasteiger partial charge in [-0.25, -0.2) is 0 Å². The van der Waals surface area contributed by atoms with Crippen molar-refractivity contribution >= 4 is 0 Å². The Kier molecular flexibility index (Phi) is 2.06. The summed E-state index contributed by atoms with van der Waals surface area (Å²) < 4.78 is 10.2. The molecule has 1 N–H and O–H groups in total. The number of rotatable bonds is 2. The Bertz CT molecular complexity index is 221. The van der Waals surface area contributed by atoms with Crippen molar-refractivity contribution in [3.63, 3.8) is 0 Å². The van der Waals surface area contributed by atoms with Crippen molar-refractivity contribution in [2.24, 2.45) is 0 Å². The van der Waals surface area contributed by atoms with Gasteiger partial charge in [0.15, 0.2) is 6.10 Å². The van der Waals surface area contributed by atoms with E-state index < -0.39 is 29.5 Å². The monoisotopic (exact) mass is 191 g/mol. The van der Waals surface area contributed by atoms with E-state index in [0.29, 0.717) is 0 Å². The predicted molar refractivity (Wildman–Crippen MR) is 37.4 cm³/mol. The van der Waals surface area contributed by atoms with Crippen molar-refractivity contribution in [2.75, 3.05) is 13.2 Å². The summed E-state index contributed by atoms with van der Waals surface area (Å²) in [5, 5.41) is 18.4. The van der Waals surface area contributed by atoms with E-state index in [9.17, 15) is 15.2 Å². The molecule has 0 spiro atoms. The highest BCUT2D eigenvalue weighted by Crippen LogP contribution is 2.28. The quantitative estimate of drug-likeness (QED) is 0.432. The van der Waals surface area contributed by atoms with Crippen LogP contribution in [-0.4, -0.2) is 47.8 Å². The highest BCUT2D eigenvalue weighted by Gasteiger charge is 2.48. The maximum atomic E-state index is 10.0. The van der Waals surface area contributed by atoms with Crippen LogP contribution in [0.15, 0.2) is 0 Å². The van der Waals surface area contributed by atoms with Crippen molar-refractivity contribution in [3.05, 3.63) is 10.1 Å². The minimum Gasteiger partial charge on any atom is -0.388 e. The van der Waals surface area contributed by atoms with E-state index in [0.717, 1.165) is 0 Å². The topological polar surface area (TPSA) is 91.1 Å². The third kappa shape index (κ3) is 1.45. The van der Waals surface area contributed by atoms with Crippen LogP contribution in [0, 0.1) is 10.1 Å². The molecule has 2 aliphatic heterocycles. The van der Waals surface area contributed by atoms with E-state index in [-0.39, 0.29) is 13.2 Å². The van der Waals surface area contributed by atoms with Crippen LogP contribution in [0.3, 0.4) is 0 Å². The van der Waals surface area contributed by atoms with E-state index in [1.807, 2.05) is 0 Å². The summed E-state index contributed by atoms with van der Waals surface area (Å²) in [6.45, 7) is 0.236. The van der Waals surface area contributed by atoms with Crippen LogP contribution in [0.5, 0.6) is 0 Å². The fraction of sp³-hybridized carbons (Fsp3) is 1.00. The zero-order chi connectivity index (χ0) is 9.42. The van der Waals surface area contributed by atoms with Crippen molar-refractivity contribution < 1.29 is 24.5 Å². The second kappa shape index (κ2) is 3.09. The standard InChI is InChI=1S/C6H9NO6/c8-3-1-11-6-4(13-7(9)10)2-12-5(3)6/h3-6,8H,1-2H2/t3-,4+,5-,6-/m1/s1. The van der Waals surface area contributed by atoms with Crippen LogP contribution in [0.25, 0.3) is 0 Å². The number of hydrogen-bond donors (Lipinski definition) is 1. The molecule has 0 saturated carbocycles. The summed E-state index contributed by atoms with van der Waals surface area (Å²) in [5.74, 6) is 0. The number of aliphatic hydroxyl groups excluding tert-OH is 1. The zero-order valence-electron chi connectivity index (χ0n) is 6.66. The van der Waals surface area contributed by atoms with E-state index in [2.05, 4.69) is 4.84 Å². The average molecular weight is 191 g/mol. The van der Waals surface area contributed by atoms with Crippen molar-refractivity contribution in [1.29, 1.82) is 0 Å². The lowest BCUT2D eigenvalue weighted by Crippen LogP contribution is -2.33. The molecule has 0 aromatic carbocycles. The molecular formula is C6H9NO6. The smallest absolute Gasteiger partial charge is 0.294 e. The largest absolute Gasteiger partial charge is 0.388 e. The van der Waals surface area contributed by atoms with Gasteiger partial charge in [-0.2, -0.15) is 0 Å². The van der Waals surface area contributed by atoms with Gasteiger partial charge in [0.1, 0.15) is 18.3 Å². The SMILES string of the molecule is O=[N+]([O-])O[C@H]1CO[C@H]2[C@@H]1OC[C@H]2O. The van der Waals surface area contributed by atoms with Gasteiger partial charge in [0.05, 0.1) is 13.2 Å². The van der Waals surface area contributed by atoms with Crippen molar-refractivity contribution in [2.45, 2.75) is 24.4 Å². The van der Waals surface area contributed by atoms with Crippen LogP contribution in [0.4, 0.5) is 0 Å². The number of aliphatic hydroxyl groups is 1. The molecule has 2 saturated heterocycles. The highest BCUT2D eigenvalue weighted by molar-refractivity contribution is 4.94. The van der Waals surface area contributed by atoms with Gasteiger partial charge >= 0.3 is 0 Å². The van der Waals surface area contributed by atoms with Crippen LogP contribution < -0.4 is 0 Å². The number of fused-ring (bicyclic) bond motifs is 1. The first-order valence-corrected chi connectivity index (χ1v) is 3.91. The summed E-state index contributed by atoms with van der Waals surface area (Å²) in [5.41, 5.74) is 0. The molecule has 2 heterocycles. The second-order valence-corrected chi connectivity index (χ2v) is 3.03. The molecule has 0 bridgehead atoms.